The maximum absolute atomic E-state index is 12.6. The summed E-state index contributed by atoms with van der Waals surface area (Å²) in [6.07, 6.45) is 3.74. The summed E-state index contributed by atoms with van der Waals surface area (Å²) in [6, 6.07) is 7.82. The van der Waals surface area contributed by atoms with Crippen LogP contribution < -0.4 is 21.9 Å². The molecule has 0 unspecified atom stereocenters. The zero-order valence-electron chi connectivity index (χ0n) is 14.5. The van der Waals surface area contributed by atoms with Crippen molar-refractivity contribution in [3.05, 3.63) is 51.8 Å². The van der Waals surface area contributed by atoms with Gasteiger partial charge in [-0.1, -0.05) is 25.0 Å². The summed E-state index contributed by atoms with van der Waals surface area (Å²) in [5.41, 5.74) is 6.23. The van der Waals surface area contributed by atoms with Crippen LogP contribution in [0.5, 0.6) is 0 Å². The molecule has 1 fully saturated rings. The smallest absolute Gasteiger partial charge is 0.262 e. The lowest BCUT2D eigenvalue weighted by molar-refractivity contribution is -0.119. The summed E-state index contributed by atoms with van der Waals surface area (Å²) >= 11 is 0. The summed E-state index contributed by atoms with van der Waals surface area (Å²) in [6.45, 7) is 0. The standard InChI is InChI=1S/C19H18N4O4/c20-16-15-11(18(26)22-19(15)27)9-14(24)23(16)13-8-4-3-7-12(13)21-17(25)10-5-1-2-6-10/h3-4,7-10H,1-2,5-6,20H2,(H,21,25)(H,22,26,27). The predicted octanol–water partition coefficient (Wildman–Crippen LogP) is 1.43. The quantitative estimate of drug-likeness (QED) is 0.709. The second-order valence-corrected chi connectivity index (χ2v) is 6.76. The molecule has 138 valence electrons. The Morgan fingerprint density at radius 2 is 1.81 bits per heavy atom. The molecule has 1 aliphatic carbocycles. The number of carbonyl (C=O) groups excluding carboxylic acids is 3. The molecule has 0 radical (unpaired) electrons. The molecule has 8 nitrogen and oxygen atoms in total. The molecule has 4 N–H and O–H groups in total. The molecule has 1 aliphatic heterocycles. The van der Waals surface area contributed by atoms with Crippen LogP contribution >= 0.6 is 0 Å². The van der Waals surface area contributed by atoms with Crippen molar-refractivity contribution in [1.29, 1.82) is 0 Å². The van der Waals surface area contributed by atoms with E-state index in [1.54, 1.807) is 24.3 Å². The second kappa shape index (κ2) is 6.39. The molecule has 1 aromatic heterocycles. The van der Waals surface area contributed by atoms with Gasteiger partial charge >= 0.3 is 0 Å². The molecule has 27 heavy (non-hydrogen) atoms. The molecule has 0 spiro atoms. The third-order valence-electron chi connectivity index (χ3n) is 5.08. The minimum Gasteiger partial charge on any atom is -0.384 e. The monoisotopic (exact) mass is 366 g/mol. The fourth-order valence-corrected chi connectivity index (χ4v) is 3.72. The molecular weight excluding hydrogens is 348 g/mol. The van der Waals surface area contributed by atoms with Crippen LogP contribution in [0.15, 0.2) is 35.1 Å². The summed E-state index contributed by atoms with van der Waals surface area (Å²) in [5, 5.41) is 5.00. The summed E-state index contributed by atoms with van der Waals surface area (Å²) in [4.78, 5) is 49.0. The van der Waals surface area contributed by atoms with Crippen LogP contribution in [-0.4, -0.2) is 22.3 Å². The number of pyridine rings is 1. The molecule has 3 amide bonds. The Hall–Kier alpha value is -3.42. The topological polar surface area (TPSA) is 123 Å². The van der Waals surface area contributed by atoms with E-state index in [1.165, 1.54) is 0 Å². The third kappa shape index (κ3) is 2.79. The van der Waals surface area contributed by atoms with Crippen molar-refractivity contribution in [2.24, 2.45) is 5.92 Å². The number of nitrogens with one attached hydrogen (secondary N) is 2. The molecular formula is C19H18N4O4. The van der Waals surface area contributed by atoms with Gasteiger partial charge in [0.2, 0.25) is 5.91 Å². The van der Waals surface area contributed by atoms with E-state index in [4.69, 9.17) is 5.73 Å². The first-order valence-corrected chi connectivity index (χ1v) is 8.79. The Bertz CT molecular complexity index is 1030. The average molecular weight is 366 g/mol. The van der Waals surface area contributed by atoms with E-state index in [9.17, 15) is 19.2 Å². The fraction of sp³-hybridized carbons (Fsp3) is 0.263. The highest BCUT2D eigenvalue weighted by molar-refractivity contribution is 6.23. The number of nitrogens with zero attached hydrogens (tertiary/aromatic N) is 1. The van der Waals surface area contributed by atoms with E-state index in [1.807, 2.05) is 0 Å². The van der Waals surface area contributed by atoms with Gasteiger partial charge in [0.1, 0.15) is 5.82 Å². The third-order valence-corrected chi connectivity index (χ3v) is 5.08. The van der Waals surface area contributed by atoms with Crippen LogP contribution in [-0.2, 0) is 4.79 Å². The number of rotatable bonds is 3. The van der Waals surface area contributed by atoms with Crippen LogP contribution in [0.4, 0.5) is 11.5 Å². The summed E-state index contributed by atoms with van der Waals surface area (Å²) < 4.78 is 1.14. The number of amides is 3. The maximum Gasteiger partial charge on any atom is 0.262 e. The highest BCUT2D eigenvalue weighted by Crippen LogP contribution is 2.29. The SMILES string of the molecule is Nc1c2c(cc(=O)n1-c1ccccc1NC(=O)C1CCCC1)C(=O)NC2=O. The molecule has 4 rings (SSSR count). The van der Waals surface area contributed by atoms with Gasteiger partial charge in [0.05, 0.1) is 22.5 Å². The van der Waals surface area contributed by atoms with Crippen LogP contribution in [0.1, 0.15) is 46.4 Å². The highest BCUT2D eigenvalue weighted by atomic mass is 16.2. The van der Waals surface area contributed by atoms with E-state index >= 15 is 0 Å². The zero-order valence-corrected chi connectivity index (χ0v) is 14.5. The molecule has 0 saturated heterocycles. The molecule has 1 saturated carbocycles. The Labute approximate surface area is 154 Å². The Kier molecular flexibility index (Phi) is 4.02. The van der Waals surface area contributed by atoms with Gasteiger partial charge in [-0.05, 0) is 25.0 Å². The molecule has 2 aliphatic rings. The number of nitrogen functional groups attached to an aromatic ring is 1. The van der Waals surface area contributed by atoms with Gasteiger partial charge in [0, 0.05) is 12.0 Å². The Balaban J connectivity index is 1.80. The van der Waals surface area contributed by atoms with Crippen molar-refractivity contribution in [3.8, 4) is 5.69 Å². The van der Waals surface area contributed by atoms with E-state index in [-0.39, 0.29) is 28.8 Å². The minimum absolute atomic E-state index is 0.0310. The van der Waals surface area contributed by atoms with E-state index in [2.05, 4.69) is 10.6 Å². The number of hydrogen-bond acceptors (Lipinski definition) is 5. The van der Waals surface area contributed by atoms with Gasteiger partial charge in [0.15, 0.2) is 0 Å². The number of nitrogens with two attached hydrogens (primary N) is 1. The number of hydrogen-bond donors (Lipinski definition) is 3. The van der Waals surface area contributed by atoms with Gasteiger partial charge in [-0.3, -0.25) is 29.1 Å². The average Bonchev–Trinajstić information content (AvgIpc) is 3.25. The van der Waals surface area contributed by atoms with E-state index in [0.717, 1.165) is 36.3 Å². The summed E-state index contributed by atoms with van der Waals surface area (Å²) in [7, 11) is 0. The number of fused-ring (bicyclic) bond motifs is 1. The van der Waals surface area contributed by atoms with Crippen LogP contribution in [0.2, 0.25) is 0 Å². The number of anilines is 2. The highest BCUT2D eigenvalue weighted by Gasteiger charge is 2.32. The lowest BCUT2D eigenvalue weighted by Crippen LogP contribution is -2.26. The maximum atomic E-state index is 12.6. The normalized spacial score (nSPS) is 16.3. The number of para-hydroxylation sites is 2. The number of carbonyl (C=O) groups is 3. The Morgan fingerprint density at radius 3 is 2.56 bits per heavy atom. The molecule has 0 atom stereocenters. The first kappa shape index (κ1) is 17.0. The predicted molar refractivity (Wildman–Crippen MR) is 98.8 cm³/mol. The minimum atomic E-state index is -0.645. The van der Waals surface area contributed by atoms with Crippen molar-refractivity contribution in [1.82, 2.24) is 9.88 Å². The largest absolute Gasteiger partial charge is 0.384 e. The van der Waals surface area contributed by atoms with Gasteiger partial charge in [-0.15, -0.1) is 0 Å². The van der Waals surface area contributed by atoms with Crippen LogP contribution in [0, 0.1) is 5.92 Å². The molecule has 2 heterocycles. The van der Waals surface area contributed by atoms with Crippen LogP contribution in [0.3, 0.4) is 0 Å². The van der Waals surface area contributed by atoms with Crippen molar-refractivity contribution in [3.63, 3.8) is 0 Å². The van der Waals surface area contributed by atoms with E-state index < -0.39 is 17.4 Å². The van der Waals surface area contributed by atoms with Gasteiger partial charge in [-0.25, -0.2) is 0 Å². The van der Waals surface area contributed by atoms with Crippen molar-refractivity contribution in [2.75, 3.05) is 11.1 Å². The van der Waals surface area contributed by atoms with E-state index in [0.29, 0.717) is 11.4 Å². The first-order valence-electron chi connectivity index (χ1n) is 8.79. The van der Waals surface area contributed by atoms with Crippen molar-refractivity contribution in [2.45, 2.75) is 25.7 Å². The lowest BCUT2D eigenvalue weighted by atomic mass is 10.1. The Morgan fingerprint density at radius 1 is 1.11 bits per heavy atom. The van der Waals surface area contributed by atoms with Crippen LogP contribution in [0.25, 0.3) is 5.69 Å². The second-order valence-electron chi connectivity index (χ2n) is 6.76. The van der Waals surface area contributed by atoms with Gasteiger partial charge < -0.3 is 11.1 Å². The van der Waals surface area contributed by atoms with Gasteiger partial charge in [-0.2, -0.15) is 0 Å². The number of benzene rings is 1. The molecule has 1 aromatic carbocycles. The lowest BCUT2D eigenvalue weighted by Gasteiger charge is -2.17. The fourth-order valence-electron chi connectivity index (χ4n) is 3.72. The first-order chi connectivity index (χ1) is 13.0. The number of imide groups is 1. The molecule has 8 heteroatoms. The summed E-state index contributed by atoms with van der Waals surface area (Å²) in [5.74, 6) is -1.57. The number of aromatic nitrogens is 1. The van der Waals surface area contributed by atoms with Crippen molar-refractivity contribution < 1.29 is 14.4 Å². The molecule has 0 bridgehead atoms. The molecule has 2 aromatic rings. The van der Waals surface area contributed by atoms with Gasteiger partial charge in [0.25, 0.3) is 17.4 Å². The zero-order chi connectivity index (χ0) is 19.1. The van der Waals surface area contributed by atoms with Crippen molar-refractivity contribution >= 4 is 29.2 Å².